The molecule has 1 aliphatic carbocycles. The molecule has 2 fully saturated rings. The standard InChI is InChI=1S/C22H24N6O2S2.C2H2O4/c1-2-5-18-16(4-1)19(26-32-18)28-11-9-27(10-12-28)8-3-13-29-22-23-17(14-31-22)21-25-24-20(30-21)15-6-7-15;3-1(4)2(5)6/h1-2,4-5,14-15H,3,6-13H2;(H,3,4)(H,5,6). The maximum Gasteiger partial charge on any atom is 0.414 e. The third kappa shape index (κ3) is 6.44. The number of aliphatic carboxylic acids is 2. The summed E-state index contributed by atoms with van der Waals surface area (Å²) in [6.07, 6.45) is 3.26. The number of anilines is 1. The zero-order chi connectivity index (χ0) is 26.5. The van der Waals surface area contributed by atoms with Gasteiger partial charge in [-0.1, -0.05) is 23.5 Å². The van der Waals surface area contributed by atoms with Crippen molar-refractivity contribution >= 4 is 50.7 Å². The molecule has 200 valence electrons. The summed E-state index contributed by atoms with van der Waals surface area (Å²) in [5.74, 6) is -0.834. The average molecular weight is 559 g/mol. The molecule has 4 aromatic rings. The number of hydrogen-bond acceptors (Lipinski definition) is 12. The summed E-state index contributed by atoms with van der Waals surface area (Å²) in [5, 5.41) is 26.9. The summed E-state index contributed by atoms with van der Waals surface area (Å²) in [6, 6.07) is 8.49. The molecule has 1 aromatic carbocycles. The van der Waals surface area contributed by atoms with Crippen LogP contribution < -0.4 is 9.64 Å². The molecular formula is C24H26N6O6S2. The number of fused-ring (bicyclic) bond motifs is 1. The van der Waals surface area contributed by atoms with Gasteiger partial charge < -0.3 is 24.3 Å². The van der Waals surface area contributed by atoms with E-state index in [9.17, 15) is 0 Å². The van der Waals surface area contributed by atoms with E-state index in [-0.39, 0.29) is 0 Å². The molecule has 1 saturated carbocycles. The Hall–Kier alpha value is -3.62. The number of aromatic nitrogens is 4. The Morgan fingerprint density at radius 2 is 1.84 bits per heavy atom. The fourth-order valence-corrected chi connectivity index (χ4v) is 5.45. The Bertz CT molecular complexity index is 1380. The number of thiazole rings is 1. The van der Waals surface area contributed by atoms with Gasteiger partial charge >= 0.3 is 11.9 Å². The first-order chi connectivity index (χ1) is 18.5. The van der Waals surface area contributed by atoms with Crippen molar-refractivity contribution in [3.63, 3.8) is 0 Å². The van der Waals surface area contributed by atoms with Gasteiger partial charge in [0.15, 0.2) is 0 Å². The fourth-order valence-electron chi connectivity index (χ4n) is 3.99. The second-order valence-corrected chi connectivity index (χ2v) is 10.5. The highest BCUT2D eigenvalue weighted by molar-refractivity contribution is 7.13. The van der Waals surface area contributed by atoms with Crippen LogP contribution in [0, 0.1) is 0 Å². The number of carbonyl (C=O) groups is 2. The number of carboxylic acids is 2. The summed E-state index contributed by atoms with van der Waals surface area (Å²) < 4.78 is 17.5. The molecule has 6 rings (SSSR count). The maximum absolute atomic E-state index is 9.10. The third-order valence-electron chi connectivity index (χ3n) is 6.13. The first-order valence-electron chi connectivity index (χ1n) is 12.2. The van der Waals surface area contributed by atoms with Crippen LogP contribution >= 0.6 is 22.9 Å². The number of hydrogen-bond donors (Lipinski definition) is 2. The number of ether oxygens (including phenoxy) is 1. The van der Waals surface area contributed by atoms with Crippen LogP contribution in [-0.2, 0) is 9.59 Å². The predicted octanol–water partition coefficient (Wildman–Crippen LogP) is 3.43. The molecule has 1 saturated heterocycles. The topological polar surface area (TPSA) is 155 Å². The highest BCUT2D eigenvalue weighted by atomic mass is 32.1. The molecule has 0 atom stereocenters. The van der Waals surface area contributed by atoms with Gasteiger partial charge in [-0.05, 0) is 42.9 Å². The van der Waals surface area contributed by atoms with Crippen molar-refractivity contribution < 1.29 is 29.0 Å². The molecule has 12 nitrogen and oxygen atoms in total. The van der Waals surface area contributed by atoms with Crippen LogP contribution in [0.4, 0.5) is 5.82 Å². The molecule has 38 heavy (non-hydrogen) atoms. The molecule has 2 N–H and O–H groups in total. The lowest BCUT2D eigenvalue weighted by Crippen LogP contribution is -2.47. The number of rotatable bonds is 8. The van der Waals surface area contributed by atoms with Crippen LogP contribution in [0.15, 0.2) is 34.1 Å². The number of nitrogens with zero attached hydrogens (tertiary/aromatic N) is 6. The molecule has 3 aromatic heterocycles. The van der Waals surface area contributed by atoms with E-state index in [4.69, 9.17) is 33.3 Å². The molecular weight excluding hydrogens is 532 g/mol. The summed E-state index contributed by atoms with van der Waals surface area (Å²) in [6.45, 7) is 5.80. The summed E-state index contributed by atoms with van der Waals surface area (Å²) in [7, 11) is 0. The molecule has 1 aliphatic heterocycles. The Kier molecular flexibility index (Phi) is 8.10. The molecule has 0 radical (unpaired) electrons. The lowest BCUT2D eigenvalue weighted by atomic mass is 10.2. The number of piperazine rings is 1. The molecule has 2 aliphatic rings. The van der Waals surface area contributed by atoms with E-state index in [1.54, 1.807) is 11.5 Å². The van der Waals surface area contributed by atoms with E-state index < -0.39 is 11.9 Å². The SMILES string of the molecule is O=C(O)C(=O)O.c1ccc2c(N3CCN(CCCOc4nc(-c5nnc(C6CC6)o5)cs4)CC3)nsc2c1. The van der Waals surface area contributed by atoms with Crippen molar-refractivity contribution in [1.29, 1.82) is 0 Å². The van der Waals surface area contributed by atoms with Gasteiger partial charge in [-0.15, -0.1) is 10.2 Å². The smallest absolute Gasteiger partial charge is 0.414 e. The van der Waals surface area contributed by atoms with Gasteiger partial charge in [0.05, 0.1) is 11.3 Å². The summed E-state index contributed by atoms with van der Waals surface area (Å²) >= 11 is 3.06. The first kappa shape index (κ1) is 26.0. The quantitative estimate of drug-likeness (QED) is 0.240. The lowest BCUT2D eigenvalue weighted by Gasteiger charge is -2.35. The molecule has 4 heterocycles. The Balaban J connectivity index is 0.000000443. The highest BCUT2D eigenvalue weighted by Crippen LogP contribution is 2.40. The van der Waals surface area contributed by atoms with Crippen LogP contribution in [0.3, 0.4) is 0 Å². The van der Waals surface area contributed by atoms with Crippen molar-refractivity contribution in [3.05, 3.63) is 35.5 Å². The van der Waals surface area contributed by atoms with Gasteiger partial charge in [-0.3, -0.25) is 4.90 Å². The minimum Gasteiger partial charge on any atom is -0.473 e. The molecule has 0 spiro atoms. The zero-order valence-electron chi connectivity index (χ0n) is 20.4. The minimum absolute atomic E-state index is 0.452. The summed E-state index contributed by atoms with van der Waals surface area (Å²) in [5.41, 5.74) is 0.704. The lowest BCUT2D eigenvalue weighted by molar-refractivity contribution is -0.159. The van der Waals surface area contributed by atoms with Crippen molar-refractivity contribution in [2.24, 2.45) is 0 Å². The van der Waals surface area contributed by atoms with E-state index in [1.165, 1.54) is 21.4 Å². The van der Waals surface area contributed by atoms with Gasteiger partial charge in [-0.2, -0.15) is 9.36 Å². The van der Waals surface area contributed by atoms with E-state index in [0.29, 0.717) is 29.3 Å². The van der Waals surface area contributed by atoms with Crippen molar-refractivity contribution in [1.82, 2.24) is 24.5 Å². The second kappa shape index (κ2) is 11.8. The molecule has 14 heteroatoms. The average Bonchev–Trinajstić information content (AvgIpc) is 3.31. The maximum atomic E-state index is 9.10. The number of carboxylic acid groups (broad SMARTS) is 2. The van der Waals surface area contributed by atoms with E-state index in [1.807, 2.05) is 5.38 Å². The van der Waals surface area contributed by atoms with E-state index in [2.05, 4.69) is 49.2 Å². The van der Waals surface area contributed by atoms with Crippen LogP contribution in [-0.4, -0.2) is 85.9 Å². The van der Waals surface area contributed by atoms with Gasteiger partial charge in [0.1, 0.15) is 11.5 Å². The third-order valence-corrected chi connectivity index (χ3v) is 7.70. The van der Waals surface area contributed by atoms with Crippen LogP contribution in [0.2, 0.25) is 0 Å². The van der Waals surface area contributed by atoms with Gasteiger partial charge in [0.25, 0.3) is 11.1 Å². The Labute approximate surface area is 225 Å². The second-order valence-electron chi connectivity index (χ2n) is 8.86. The van der Waals surface area contributed by atoms with E-state index >= 15 is 0 Å². The predicted molar refractivity (Wildman–Crippen MR) is 141 cm³/mol. The Morgan fingerprint density at radius 1 is 1.08 bits per heavy atom. The van der Waals surface area contributed by atoms with Crippen molar-refractivity contribution in [2.45, 2.75) is 25.2 Å². The van der Waals surface area contributed by atoms with Gasteiger partial charge in [0.2, 0.25) is 5.89 Å². The van der Waals surface area contributed by atoms with E-state index in [0.717, 1.165) is 63.7 Å². The summed E-state index contributed by atoms with van der Waals surface area (Å²) in [4.78, 5) is 27.6. The Morgan fingerprint density at radius 3 is 2.58 bits per heavy atom. The van der Waals surface area contributed by atoms with Crippen molar-refractivity contribution in [2.75, 3.05) is 44.2 Å². The number of benzene rings is 1. The fraction of sp³-hybridized carbons (Fsp3) is 0.417. The minimum atomic E-state index is -1.82. The molecule has 0 amide bonds. The largest absolute Gasteiger partial charge is 0.473 e. The van der Waals surface area contributed by atoms with Crippen molar-refractivity contribution in [3.8, 4) is 16.8 Å². The normalized spacial score (nSPS) is 15.7. The highest BCUT2D eigenvalue weighted by Gasteiger charge is 2.30. The van der Waals surface area contributed by atoms with Crippen LogP contribution in [0.1, 0.15) is 31.1 Å². The van der Waals surface area contributed by atoms with Crippen LogP contribution in [0.5, 0.6) is 5.19 Å². The van der Waals surface area contributed by atoms with Gasteiger partial charge in [0, 0.05) is 49.4 Å². The van der Waals surface area contributed by atoms with Crippen LogP contribution in [0.25, 0.3) is 21.7 Å². The molecule has 0 unspecified atom stereocenters. The first-order valence-corrected chi connectivity index (χ1v) is 13.8. The zero-order valence-corrected chi connectivity index (χ0v) is 22.0. The monoisotopic (exact) mass is 558 g/mol. The molecule has 0 bridgehead atoms. The van der Waals surface area contributed by atoms with Gasteiger partial charge in [-0.25, -0.2) is 9.59 Å².